The molecule has 6 heterocycles. The van der Waals surface area contributed by atoms with E-state index in [1.165, 1.54) is 21.5 Å². The summed E-state index contributed by atoms with van der Waals surface area (Å²) >= 11 is 0. The van der Waals surface area contributed by atoms with Crippen LogP contribution in [0.3, 0.4) is 0 Å². The first kappa shape index (κ1) is 71.2. The fourth-order valence-electron chi connectivity index (χ4n) is 11.2. The molecule has 512 valence electrons. The van der Waals surface area contributed by atoms with Gasteiger partial charge in [0, 0.05) is 128 Å². The molecule has 6 aromatic heterocycles. The monoisotopic (exact) mass is 1710 g/mol. The van der Waals surface area contributed by atoms with Gasteiger partial charge in [-0.15, -0.1) is 101 Å². The zero-order chi connectivity index (χ0) is 72.0. The molecule has 16 aromatic rings. The molecular weight excluding hydrogens is 1630 g/mol. The Morgan fingerprint density at radius 3 is 1.22 bits per heavy atom. The Kier molecular flexibility index (Phi) is 24.2. The number of rotatable bonds is 4. The van der Waals surface area contributed by atoms with Gasteiger partial charge in [-0.3, -0.25) is 9.54 Å². The van der Waals surface area contributed by atoms with Crippen molar-refractivity contribution >= 4 is 119 Å². The third-order valence-corrected chi connectivity index (χ3v) is 15.5. The summed E-state index contributed by atoms with van der Waals surface area (Å²) in [5.74, 6) is 0. The van der Waals surface area contributed by atoms with Crippen LogP contribution in [-0.2, 0) is 63.1 Å². The van der Waals surface area contributed by atoms with E-state index in [0.717, 1.165) is 124 Å². The maximum Gasteiger partial charge on any atom is 0.522 e. The SMILES string of the molecule is C.CO.CO.O=S(=O)(O)C(F)(F)F.[2H]C([2H])(c1ccc(-c2[c-]cccc2)nc1)C(C)(C)C.[2H]C([2H])(c1ccc(-c2[c-]cccc2)nc1)C(C)(C)C.[Ir].[Ir].[c-]1cccc2c1c1ncccc1c1c2ccc2c3ccccc3oc21.c1ccc2c(c1)oc1c2ccc2c3ccccc3c3ncccc3c21. The Labute approximate surface area is 606 Å². The number of aliphatic hydroxyl groups excluding tert-OH is 2. The van der Waals surface area contributed by atoms with E-state index in [9.17, 15) is 13.2 Å². The fraction of sp³-hybridized carbons (Fsp3) is 0.171. The number of benzene rings is 10. The van der Waals surface area contributed by atoms with Crippen molar-refractivity contribution in [2.24, 2.45) is 10.8 Å². The second-order valence-electron chi connectivity index (χ2n) is 23.8. The van der Waals surface area contributed by atoms with Crippen LogP contribution in [-0.4, -0.2) is 62.8 Å². The number of nitrogens with zero attached hydrogens (tertiary/aromatic N) is 4. The van der Waals surface area contributed by atoms with Gasteiger partial charge in [-0.25, -0.2) is 0 Å². The average Bonchev–Trinajstić information content (AvgIpc) is 1.69. The Bertz CT molecular complexity index is 5270. The Hall–Kier alpha value is -9.12. The zero-order valence-electron chi connectivity index (χ0n) is 58.5. The largest absolute Gasteiger partial charge is 0.522 e. The topological polar surface area (TPSA) is 173 Å². The predicted molar refractivity (Wildman–Crippen MR) is 391 cm³/mol. The summed E-state index contributed by atoms with van der Waals surface area (Å²) in [5.41, 5.74) is 3.95. The van der Waals surface area contributed by atoms with Gasteiger partial charge >= 0.3 is 15.6 Å². The van der Waals surface area contributed by atoms with E-state index in [4.69, 9.17) is 37.5 Å². The number of para-hydroxylation sites is 2. The molecule has 16 rings (SSSR count). The Balaban J connectivity index is 0.000000182. The number of aromatic nitrogens is 4. The van der Waals surface area contributed by atoms with Crippen molar-refractivity contribution in [3.05, 3.63) is 266 Å². The average molecular weight is 1710 g/mol. The van der Waals surface area contributed by atoms with Gasteiger partial charge in [-0.05, 0) is 103 Å². The fourth-order valence-corrected chi connectivity index (χ4v) is 11.2. The Morgan fingerprint density at radius 1 is 0.424 bits per heavy atom. The van der Waals surface area contributed by atoms with E-state index >= 15 is 0 Å². The van der Waals surface area contributed by atoms with Crippen molar-refractivity contribution in [2.45, 2.75) is 67.2 Å². The molecule has 3 N–H and O–H groups in total. The van der Waals surface area contributed by atoms with Crippen LogP contribution in [0, 0.1) is 29.0 Å². The molecule has 10 aromatic carbocycles. The normalized spacial score (nSPS) is 12.1. The van der Waals surface area contributed by atoms with Crippen LogP contribution in [0.4, 0.5) is 13.2 Å². The molecule has 0 aliphatic heterocycles. The quantitative estimate of drug-likeness (QED) is 0.0662. The van der Waals surface area contributed by atoms with E-state index < -0.39 is 39.2 Å². The minimum Gasteiger partial charge on any atom is -0.455 e. The van der Waals surface area contributed by atoms with E-state index in [-0.39, 0.29) is 47.6 Å². The van der Waals surface area contributed by atoms with Gasteiger partial charge in [0.15, 0.2) is 0 Å². The molecule has 0 saturated carbocycles. The minimum absolute atomic E-state index is 0. The van der Waals surface area contributed by atoms with Gasteiger partial charge in [0.25, 0.3) is 0 Å². The molecule has 0 saturated heterocycles. The standard InChI is InChI=1S/C23H13NO.C23H12NO.2C16H18N.CHF3O3S.2CH4O.CH4.2Ir/c2*1-2-8-17-14(6-1)16-11-12-18-15-7-3-4-10-20(15)25-23(18)21(16)19-9-5-13-24-22(17)19;2*1-16(2,3)11-13-9-10-15(17-12-13)14-7-5-4-6-8-14;2-1(3,4)8(5,6)7;2*1-2;;;/h1-13H;1-7,9-13H;2*4-7,9-10,12H,11H2,1-3H3;(H,5,6,7);2*2H,1H3;1H4;;/q;3*-1;;;;;;/i;;2*11D2;;;;;;. The molecule has 11 nitrogen and oxygen atoms in total. The van der Waals surface area contributed by atoms with Crippen molar-refractivity contribution in [1.82, 2.24) is 19.9 Å². The number of fused-ring (bicyclic) bond motifs is 20. The number of alkyl halides is 3. The van der Waals surface area contributed by atoms with Crippen LogP contribution in [0.5, 0.6) is 0 Å². The zero-order valence-corrected chi connectivity index (χ0v) is 60.1. The van der Waals surface area contributed by atoms with Crippen LogP contribution in [0.1, 0.15) is 65.6 Å². The predicted octanol–water partition coefficient (Wildman–Crippen LogP) is 21.2. The van der Waals surface area contributed by atoms with Gasteiger partial charge < -0.3 is 34.0 Å². The number of aliphatic hydroxyl groups is 2. The van der Waals surface area contributed by atoms with E-state index in [1.54, 1.807) is 12.4 Å². The van der Waals surface area contributed by atoms with E-state index in [1.807, 2.05) is 175 Å². The molecule has 0 amide bonds. The third-order valence-electron chi connectivity index (χ3n) is 14.9. The number of pyridine rings is 4. The summed E-state index contributed by atoms with van der Waals surface area (Å²) in [5, 5.41) is 30.1. The molecule has 0 bridgehead atoms. The van der Waals surface area contributed by atoms with Crippen molar-refractivity contribution in [1.29, 1.82) is 0 Å². The number of halogens is 3. The van der Waals surface area contributed by atoms with E-state index in [2.05, 4.69) is 129 Å². The van der Waals surface area contributed by atoms with Crippen molar-refractivity contribution in [3.63, 3.8) is 0 Å². The maximum atomic E-state index is 10.7. The van der Waals surface area contributed by atoms with Gasteiger partial charge in [-0.1, -0.05) is 170 Å². The first-order chi connectivity index (χ1) is 47.7. The number of hydrogen-bond donors (Lipinski definition) is 3. The molecule has 99 heavy (non-hydrogen) atoms. The first-order valence-corrected chi connectivity index (χ1v) is 31.9. The number of furan rings is 2. The first-order valence-electron chi connectivity index (χ1n) is 32.4. The summed E-state index contributed by atoms with van der Waals surface area (Å²) in [6.07, 6.45) is 4.15. The summed E-state index contributed by atoms with van der Waals surface area (Å²) in [6.45, 7) is 11.4. The van der Waals surface area contributed by atoms with Crippen LogP contribution >= 0.6 is 0 Å². The van der Waals surface area contributed by atoms with Crippen LogP contribution in [0.15, 0.2) is 246 Å². The molecule has 0 atom stereocenters. The van der Waals surface area contributed by atoms with Gasteiger partial charge in [-0.2, -0.15) is 21.6 Å². The summed E-state index contributed by atoms with van der Waals surface area (Å²) in [7, 11) is -3.84. The molecule has 0 spiro atoms. The minimum atomic E-state index is -5.84. The molecular formula is C82H74F3Ir2N4O7S-3. The van der Waals surface area contributed by atoms with Gasteiger partial charge in [0.2, 0.25) is 0 Å². The number of hydrogen-bond acceptors (Lipinski definition) is 10. The van der Waals surface area contributed by atoms with Gasteiger partial charge in [0.1, 0.15) is 22.3 Å². The second-order valence-corrected chi connectivity index (χ2v) is 25.2. The van der Waals surface area contributed by atoms with Crippen molar-refractivity contribution in [2.75, 3.05) is 14.2 Å². The van der Waals surface area contributed by atoms with Crippen LogP contribution < -0.4 is 0 Å². The van der Waals surface area contributed by atoms with Crippen molar-refractivity contribution < 1.29 is 90.9 Å². The van der Waals surface area contributed by atoms with Gasteiger partial charge in [0.05, 0.1) is 5.52 Å². The smallest absolute Gasteiger partial charge is 0.455 e. The second kappa shape index (κ2) is 33.6. The molecule has 0 fully saturated rings. The molecule has 2 radical (unpaired) electrons. The van der Waals surface area contributed by atoms with Crippen LogP contribution in [0.25, 0.3) is 131 Å². The summed E-state index contributed by atoms with van der Waals surface area (Å²) in [6, 6.07) is 80.2. The van der Waals surface area contributed by atoms with Crippen molar-refractivity contribution in [3.8, 4) is 22.5 Å². The van der Waals surface area contributed by atoms with Crippen LogP contribution in [0.2, 0.25) is 0 Å². The Morgan fingerprint density at radius 2 is 0.798 bits per heavy atom. The molecule has 0 aliphatic carbocycles. The third kappa shape index (κ3) is 17.8. The summed E-state index contributed by atoms with van der Waals surface area (Å²) < 4.78 is 103. The molecule has 17 heteroatoms. The maximum absolute atomic E-state index is 10.7. The van der Waals surface area contributed by atoms with E-state index in [0.29, 0.717) is 11.1 Å². The molecule has 0 unspecified atom stereocenters. The molecule has 0 aliphatic rings. The summed E-state index contributed by atoms with van der Waals surface area (Å²) in [4.78, 5) is 18.0.